The van der Waals surface area contributed by atoms with E-state index in [0.717, 1.165) is 29.6 Å². The fraction of sp³-hybridized carbons (Fsp3) is 0.588. The van der Waals surface area contributed by atoms with Gasteiger partial charge in [-0.1, -0.05) is 12.5 Å². The van der Waals surface area contributed by atoms with E-state index in [1.807, 2.05) is 0 Å². The summed E-state index contributed by atoms with van der Waals surface area (Å²) in [6, 6.07) is 4.10. The molecule has 156 valence electrons. The standard InChI is InChI=1S/C17H24N4O5S.ClH/c18-11-12-4-1-7-15(12)19-17(22)16-8-3-9-20(16)27(25,26)14-6-2-5-13(10-14)21(23)24;/h2,5-6,10,12,15-16H,1,3-4,7-9,11,18H2,(H,19,22);1H. The van der Waals surface area contributed by atoms with E-state index in [-0.39, 0.29) is 47.4 Å². The number of halogens is 1. The third-order valence-corrected chi connectivity index (χ3v) is 7.34. The van der Waals surface area contributed by atoms with Crippen molar-refractivity contribution in [2.24, 2.45) is 11.7 Å². The summed E-state index contributed by atoms with van der Waals surface area (Å²) in [6.45, 7) is 0.708. The number of sulfonamides is 1. The Morgan fingerprint density at radius 1 is 1.29 bits per heavy atom. The number of non-ortho nitro benzene ring substituents is 1. The molecule has 3 atom stereocenters. The van der Waals surface area contributed by atoms with E-state index in [9.17, 15) is 23.3 Å². The average molecular weight is 433 g/mol. The molecule has 1 aliphatic carbocycles. The first-order valence-electron chi connectivity index (χ1n) is 9.11. The lowest BCUT2D eigenvalue weighted by Gasteiger charge is -2.26. The van der Waals surface area contributed by atoms with Gasteiger partial charge in [0.05, 0.1) is 9.82 Å². The number of nitro groups is 1. The molecule has 1 heterocycles. The molecule has 0 radical (unpaired) electrons. The van der Waals surface area contributed by atoms with Gasteiger partial charge in [-0.3, -0.25) is 14.9 Å². The molecule has 3 unspecified atom stereocenters. The number of carbonyl (C=O) groups excluding carboxylic acids is 1. The van der Waals surface area contributed by atoms with E-state index >= 15 is 0 Å². The maximum absolute atomic E-state index is 13.0. The summed E-state index contributed by atoms with van der Waals surface area (Å²) in [7, 11) is -4.00. The van der Waals surface area contributed by atoms with Crippen molar-refractivity contribution in [3.8, 4) is 0 Å². The van der Waals surface area contributed by atoms with E-state index in [4.69, 9.17) is 5.73 Å². The summed E-state index contributed by atoms with van der Waals surface area (Å²) in [5, 5.41) is 13.9. The number of hydrogen-bond donors (Lipinski definition) is 2. The van der Waals surface area contributed by atoms with Crippen molar-refractivity contribution in [1.82, 2.24) is 9.62 Å². The summed E-state index contributed by atoms with van der Waals surface area (Å²) in [5.41, 5.74) is 5.45. The topological polar surface area (TPSA) is 136 Å². The van der Waals surface area contributed by atoms with Crippen LogP contribution in [0.4, 0.5) is 5.69 Å². The second-order valence-corrected chi connectivity index (χ2v) is 8.96. The van der Waals surface area contributed by atoms with Gasteiger partial charge in [0.25, 0.3) is 5.69 Å². The highest BCUT2D eigenvalue weighted by molar-refractivity contribution is 7.89. The second-order valence-electron chi connectivity index (χ2n) is 7.07. The molecule has 2 fully saturated rings. The molecule has 1 aromatic carbocycles. The lowest BCUT2D eigenvalue weighted by molar-refractivity contribution is -0.385. The van der Waals surface area contributed by atoms with Crippen LogP contribution in [-0.2, 0) is 14.8 Å². The van der Waals surface area contributed by atoms with E-state index in [1.165, 1.54) is 18.2 Å². The number of rotatable bonds is 6. The van der Waals surface area contributed by atoms with Crippen LogP contribution >= 0.6 is 12.4 Å². The number of benzene rings is 1. The summed E-state index contributed by atoms with van der Waals surface area (Å²) in [6.07, 6.45) is 3.80. The maximum atomic E-state index is 13.0. The summed E-state index contributed by atoms with van der Waals surface area (Å²) < 4.78 is 27.1. The highest BCUT2D eigenvalue weighted by Crippen LogP contribution is 2.29. The summed E-state index contributed by atoms with van der Waals surface area (Å²) in [5.74, 6) is -0.0935. The van der Waals surface area contributed by atoms with Crippen molar-refractivity contribution in [2.45, 2.75) is 49.1 Å². The van der Waals surface area contributed by atoms with Crippen LogP contribution in [0.1, 0.15) is 32.1 Å². The zero-order valence-electron chi connectivity index (χ0n) is 15.3. The van der Waals surface area contributed by atoms with Crippen molar-refractivity contribution in [3.63, 3.8) is 0 Å². The van der Waals surface area contributed by atoms with Crippen LogP contribution in [-0.4, -0.2) is 48.7 Å². The normalized spacial score (nSPS) is 25.2. The number of nitro benzene ring substituents is 1. The van der Waals surface area contributed by atoms with Gasteiger partial charge < -0.3 is 11.1 Å². The molecule has 1 aliphatic heterocycles. The number of amides is 1. The van der Waals surface area contributed by atoms with E-state index in [2.05, 4.69) is 5.32 Å². The molecule has 3 N–H and O–H groups in total. The van der Waals surface area contributed by atoms with Crippen molar-refractivity contribution in [3.05, 3.63) is 34.4 Å². The third-order valence-electron chi connectivity index (χ3n) is 5.43. The molecule has 0 bridgehead atoms. The number of carbonyl (C=O) groups is 1. The third kappa shape index (κ3) is 4.45. The Labute approximate surface area is 170 Å². The average Bonchev–Trinajstić information content (AvgIpc) is 3.31. The van der Waals surface area contributed by atoms with Gasteiger partial charge in [-0.25, -0.2) is 8.42 Å². The minimum atomic E-state index is -4.00. The van der Waals surface area contributed by atoms with E-state index in [1.54, 1.807) is 0 Å². The molecular weight excluding hydrogens is 408 g/mol. The molecule has 11 heteroatoms. The van der Waals surface area contributed by atoms with E-state index in [0.29, 0.717) is 19.4 Å². The van der Waals surface area contributed by atoms with Gasteiger partial charge in [-0.05, 0) is 44.2 Å². The molecule has 9 nitrogen and oxygen atoms in total. The van der Waals surface area contributed by atoms with Crippen LogP contribution in [0.3, 0.4) is 0 Å². The van der Waals surface area contributed by atoms with E-state index < -0.39 is 21.0 Å². The first-order chi connectivity index (χ1) is 12.8. The number of nitrogens with one attached hydrogen (secondary N) is 1. The number of hydrogen-bond acceptors (Lipinski definition) is 6. The Hall–Kier alpha value is -1.75. The van der Waals surface area contributed by atoms with Crippen molar-refractivity contribution in [2.75, 3.05) is 13.1 Å². The van der Waals surface area contributed by atoms with Crippen molar-refractivity contribution >= 4 is 34.0 Å². The minimum absolute atomic E-state index is 0. The first kappa shape index (κ1) is 22.5. The van der Waals surface area contributed by atoms with Crippen molar-refractivity contribution in [1.29, 1.82) is 0 Å². The van der Waals surface area contributed by atoms with Gasteiger partial charge >= 0.3 is 0 Å². The Kier molecular flexibility index (Phi) is 7.38. The Morgan fingerprint density at radius 2 is 2.04 bits per heavy atom. The molecule has 1 amide bonds. The smallest absolute Gasteiger partial charge is 0.270 e. The maximum Gasteiger partial charge on any atom is 0.270 e. The molecule has 28 heavy (non-hydrogen) atoms. The van der Waals surface area contributed by atoms with Gasteiger partial charge in [0.1, 0.15) is 6.04 Å². The fourth-order valence-corrected chi connectivity index (χ4v) is 5.67. The van der Waals surface area contributed by atoms with Crippen LogP contribution in [0.15, 0.2) is 29.2 Å². The Balaban J connectivity index is 0.00000280. The first-order valence-corrected chi connectivity index (χ1v) is 10.6. The van der Waals surface area contributed by atoms with Crippen LogP contribution in [0.5, 0.6) is 0 Å². The van der Waals surface area contributed by atoms with Gasteiger partial charge in [0.15, 0.2) is 0 Å². The highest BCUT2D eigenvalue weighted by atomic mass is 35.5. The lowest BCUT2D eigenvalue weighted by atomic mass is 10.0. The summed E-state index contributed by atoms with van der Waals surface area (Å²) >= 11 is 0. The van der Waals surface area contributed by atoms with Gasteiger partial charge in [-0.15, -0.1) is 12.4 Å². The molecule has 1 aromatic rings. The highest BCUT2D eigenvalue weighted by Gasteiger charge is 2.41. The van der Waals surface area contributed by atoms with Crippen molar-refractivity contribution < 1.29 is 18.1 Å². The molecule has 0 spiro atoms. The molecular formula is C17H25ClN4O5S. The quantitative estimate of drug-likeness (QED) is 0.515. The fourth-order valence-electron chi connectivity index (χ4n) is 3.97. The summed E-state index contributed by atoms with van der Waals surface area (Å²) in [4.78, 5) is 22.9. The Bertz CT molecular complexity index is 835. The molecule has 1 saturated carbocycles. The second kappa shape index (κ2) is 9.17. The Morgan fingerprint density at radius 3 is 2.71 bits per heavy atom. The van der Waals surface area contributed by atoms with Crippen LogP contribution in [0.2, 0.25) is 0 Å². The monoisotopic (exact) mass is 432 g/mol. The molecule has 3 rings (SSSR count). The largest absolute Gasteiger partial charge is 0.352 e. The minimum Gasteiger partial charge on any atom is -0.352 e. The van der Waals surface area contributed by atoms with Crippen LogP contribution in [0, 0.1) is 16.0 Å². The molecule has 2 aliphatic rings. The van der Waals surface area contributed by atoms with Crippen LogP contribution < -0.4 is 11.1 Å². The van der Waals surface area contributed by atoms with Crippen LogP contribution in [0.25, 0.3) is 0 Å². The van der Waals surface area contributed by atoms with Gasteiger partial charge in [0.2, 0.25) is 15.9 Å². The SMILES string of the molecule is Cl.NCC1CCCC1NC(=O)C1CCCN1S(=O)(=O)c1cccc([N+](=O)[O-])c1. The number of nitrogens with two attached hydrogens (primary N) is 1. The van der Waals surface area contributed by atoms with Gasteiger partial charge in [0, 0.05) is 24.7 Å². The number of nitrogens with zero attached hydrogens (tertiary/aromatic N) is 2. The predicted octanol–water partition coefficient (Wildman–Crippen LogP) is 1.41. The predicted molar refractivity (Wildman–Crippen MR) is 106 cm³/mol. The molecule has 0 aromatic heterocycles. The van der Waals surface area contributed by atoms with Gasteiger partial charge in [-0.2, -0.15) is 4.31 Å². The lowest BCUT2D eigenvalue weighted by Crippen LogP contribution is -2.50. The zero-order valence-corrected chi connectivity index (χ0v) is 17.0. The zero-order chi connectivity index (χ0) is 19.6. The molecule has 1 saturated heterocycles.